The highest BCUT2D eigenvalue weighted by atomic mass is 16.5. The number of aromatic amines is 1. The van der Waals surface area contributed by atoms with Crippen molar-refractivity contribution < 1.29 is 14.3 Å². The minimum Gasteiger partial charge on any atom is -0.497 e. The second-order valence-electron chi connectivity index (χ2n) is 5.14. The molecule has 2 aromatic heterocycles. The van der Waals surface area contributed by atoms with Crippen molar-refractivity contribution in [1.29, 1.82) is 0 Å². The Bertz CT molecular complexity index is 837. The number of nitrogens with zero attached hydrogens (tertiary/aromatic N) is 4. The van der Waals surface area contributed by atoms with Gasteiger partial charge in [0.2, 0.25) is 11.6 Å². The van der Waals surface area contributed by atoms with Crippen LogP contribution in [0.15, 0.2) is 42.6 Å². The first-order chi connectivity index (χ1) is 11.7. The molecule has 24 heavy (non-hydrogen) atoms. The van der Waals surface area contributed by atoms with Gasteiger partial charge in [-0.15, -0.1) is 10.2 Å². The summed E-state index contributed by atoms with van der Waals surface area (Å²) in [6.07, 6.45) is 1.85. The van der Waals surface area contributed by atoms with Gasteiger partial charge in [-0.2, -0.15) is 5.21 Å². The second-order valence-corrected chi connectivity index (χ2v) is 5.14. The lowest BCUT2D eigenvalue weighted by atomic mass is 10.1. The van der Waals surface area contributed by atoms with Crippen molar-refractivity contribution in [3.63, 3.8) is 0 Å². The Morgan fingerprint density at radius 3 is 2.67 bits per heavy atom. The van der Waals surface area contributed by atoms with Crippen LogP contribution in [-0.2, 0) is 17.8 Å². The maximum Gasteiger partial charge on any atom is 0.269 e. The van der Waals surface area contributed by atoms with Crippen LogP contribution in [0.25, 0.3) is 0 Å². The number of hydrogen-bond donors (Lipinski definition) is 1. The van der Waals surface area contributed by atoms with Gasteiger partial charge in [0, 0.05) is 18.4 Å². The van der Waals surface area contributed by atoms with E-state index in [1.165, 1.54) is 0 Å². The Morgan fingerprint density at radius 2 is 2.00 bits per heavy atom. The first kappa shape index (κ1) is 15.6. The van der Waals surface area contributed by atoms with Crippen LogP contribution < -0.4 is 4.74 Å². The van der Waals surface area contributed by atoms with E-state index in [1.807, 2.05) is 47.2 Å². The monoisotopic (exact) mass is 325 g/mol. The molecular formula is C16H15N5O3. The Balaban J connectivity index is 1.70. The molecule has 0 unspecified atom stereocenters. The summed E-state index contributed by atoms with van der Waals surface area (Å²) in [5, 5.41) is 12.5. The molecule has 0 atom stereocenters. The van der Waals surface area contributed by atoms with Crippen LogP contribution >= 0.6 is 0 Å². The molecule has 0 aliphatic heterocycles. The molecule has 3 aromatic rings. The molecule has 0 aliphatic carbocycles. The summed E-state index contributed by atoms with van der Waals surface area (Å²) in [7, 11) is 1.62. The number of ketones is 2. The highest BCUT2D eigenvalue weighted by Gasteiger charge is 2.21. The smallest absolute Gasteiger partial charge is 0.269 e. The third kappa shape index (κ3) is 3.37. The van der Waals surface area contributed by atoms with E-state index in [1.54, 1.807) is 7.11 Å². The zero-order chi connectivity index (χ0) is 16.9. The number of benzene rings is 1. The quantitative estimate of drug-likeness (QED) is 0.514. The van der Waals surface area contributed by atoms with Crippen molar-refractivity contribution in [2.45, 2.75) is 13.0 Å². The lowest BCUT2D eigenvalue weighted by Gasteiger charge is -2.09. The Kier molecular flexibility index (Phi) is 4.46. The summed E-state index contributed by atoms with van der Waals surface area (Å²) in [6.45, 7) is 0.593. The fraction of sp³-hybridized carbons (Fsp3) is 0.188. The normalized spacial score (nSPS) is 10.5. The number of rotatable bonds is 7. The standard InChI is InChI=1S/C16H15N5O3/c1-24-13-6-4-11(5-7-13)10-21-8-2-3-12(21)9-14(22)15(23)16-17-19-20-18-16/h2-8H,9-10H2,1H3,(H,17,18,19,20). The first-order valence-corrected chi connectivity index (χ1v) is 7.25. The Hall–Kier alpha value is -3.29. The summed E-state index contributed by atoms with van der Waals surface area (Å²) in [5.74, 6) is -0.757. The van der Waals surface area contributed by atoms with Crippen molar-refractivity contribution >= 4 is 11.6 Å². The van der Waals surface area contributed by atoms with Gasteiger partial charge in [-0.25, -0.2) is 0 Å². The summed E-state index contributed by atoms with van der Waals surface area (Å²) < 4.78 is 7.05. The zero-order valence-electron chi connectivity index (χ0n) is 13.0. The SMILES string of the molecule is COc1ccc(Cn2cccc2CC(=O)C(=O)c2nn[nH]n2)cc1. The van der Waals surface area contributed by atoms with Crippen LogP contribution in [0.5, 0.6) is 5.75 Å². The highest BCUT2D eigenvalue weighted by Crippen LogP contribution is 2.14. The molecule has 1 aromatic carbocycles. The van der Waals surface area contributed by atoms with Crippen LogP contribution in [0.1, 0.15) is 21.9 Å². The van der Waals surface area contributed by atoms with Gasteiger partial charge >= 0.3 is 0 Å². The fourth-order valence-electron chi connectivity index (χ4n) is 2.32. The number of hydrogen-bond acceptors (Lipinski definition) is 6. The summed E-state index contributed by atoms with van der Waals surface area (Å²) in [6, 6.07) is 11.3. The van der Waals surface area contributed by atoms with E-state index in [4.69, 9.17) is 4.74 Å². The minimum absolute atomic E-state index is 0.0173. The third-order valence-electron chi connectivity index (χ3n) is 3.58. The molecule has 3 rings (SSSR count). The number of nitrogens with one attached hydrogen (secondary N) is 1. The van der Waals surface area contributed by atoms with E-state index in [0.29, 0.717) is 6.54 Å². The van der Waals surface area contributed by atoms with E-state index in [9.17, 15) is 9.59 Å². The van der Waals surface area contributed by atoms with Crippen molar-refractivity contribution in [3.05, 3.63) is 59.7 Å². The number of carbonyl (C=O) groups is 2. The number of H-pyrrole nitrogens is 1. The van der Waals surface area contributed by atoms with Crippen LogP contribution in [-0.4, -0.2) is 43.9 Å². The highest BCUT2D eigenvalue weighted by molar-refractivity contribution is 6.42. The average molecular weight is 325 g/mol. The van der Waals surface area contributed by atoms with E-state index in [2.05, 4.69) is 20.6 Å². The van der Waals surface area contributed by atoms with E-state index < -0.39 is 11.6 Å². The van der Waals surface area contributed by atoms with Gasteiger partial charge in [0.05, 0.1) is 13.5 Å². The number of carbonyl (C=O) groups excluding carboxylic acids is 2. The van der Waals surface area contributed by atoms with Gasteiger partial charge in [-0.3, -0.25) is 9.59 Å². The maximum atomic E-state index is 12.1. The molecule has 122 valence electrons. The Morgan fingerprint density at radius 1 is 1.21 bits per heavy atom. The molecule has 1 N–H and O–H groups in total. The number of Topliss-reactive ketones (excluding diaryl/α,β-unsaturated/α-hetero) is 2. The third-order valence-corrected chi connectivity index (χ3v) is 3.58. The molecule has 0 fully saturated rings. The van der Waals surface area contributed by atoms with E-state index in [-0.39, 0.29) is 12.2 Å². The van der Waals surface area contributed by atoms with Crippen molar-refractivity contribution in [2.75, 3.05) is 7.11 Å². The van der Waals surface area contributed by atoms with E-state index in [0.717, 1.165) is 17.0 Å². The molecule has 0 amide bonds. The minimum atomic E-state index is -0.749. The second kappa shape index (κ2) is 6.86. The summed E-state index contributed by atoms with van der Waals surface area (Å²) in [5.41, 5.74) is 1.80. The predicted molar refractivity (Wildman–Crippen MR) is 83.7 cm³/mol. The molecule has 0 spiro atoms. The fourth-order valence-corrected chi connectivity index (χ4v) is 2.32. The lowest BCUT2D eigenvalue weighted by molar-refractivity contribution is -0.114. The van der Waals surface area contributed by atoms with Crippen LogP contribution in [0, 0.1) is 0 Å². The average Bonchev–Trinajstić information content (AvgIpc) is 3.27. The number of ether oxygens (including phenoxy) is 1. The van der Waals surface area contributed by atoms with Gasteiger partial charge in [-0.1, -0.05) is 12.1 Å². The van der Waals surface area contributed by atoms with E-state index >= 15 is 0 Å². The van der Waals surface area contributed by atoms with Crippen LogP contribution in [0.2, 0.25) is 0 Å². The van der Waals surface area contributed by atoms with Gasteiger partial charge < -0.3 is 9.30 Å². The van der Waals surface area contributed by atoms with Crippen LogP contribution in [0.4, 0.5) is 0 Å². The van der Waals surface area contributed by atoms with Gasteiger partial charge in [0.15, 0.2) is 0 Å². The zero-order valence-corrected chi connectivity index (χ0v) is 13.0. The van der Waals surface area contributed by atoms with Gasteiger partial charge in [-0.05, 0) is 35.0 Å². The molecule has 0 radical (unpaired) electrons. The molecule has 2 heterocycles. The predicted octanol–water partition coefficient (Wildman–Crippen LogP) is 1.05. The van der Waals surface area contributed by atoms with Crippen molar-refractivity contribution in [2.24, 2.45) is 0 Å². The molecule has 0 aliphatic rings. The summed E-state index contributed by atoms with van der Waals surface area (Å²) in [4.78, 5) is 24.0. The maximum absolute atomic E-state index is 12.1. The van der Waals surface area contributed by atoms with Gasteiger partial charge in [0.25, 0.3) is 5.78 Å². The number of tetrazole rings is 1. The lowest BCUT2D eigenvalue weighted by Crippen LogP contribution is -2.20. The molecule has 0 saturated heterocycles. The number of aromatic nitrogens is 5. The Labute approximate surface area is 137 Å². The van der Waals surface area contributed by atoms with Crippen molar-refractivity contribution in [1.82, 2.24) is 25.2 Å². The van der Waals surface area contributed by atoms with Gasteiger partial charge in [0.1, 0.15) is 5.75 Å². The summed E-state index contributed by atoms with van der Waals surface area (Å²) >= 11 is 0. The molecule has 8 heteroatoms. The molecular weight excluding hydrogens is 310 g/mol. The van der Waals surface area contributed by atoms with Crippen LogP contribution in [0.3, 0.4) is 0 Å². The largest absolute Gasteiger partial charge is 0.497 e. The topological polar surface area (TPSA) is 103 Å². The molecule has 0 saturated carbocycles. The molecule has 8 nitrogen and oxygen atoms in total. The molecule has 0 bridgehead atoms. The number of methoxy groups -OCH3 is 1. The van der Waals surface area contributed by atoms with Crippen molar-refractivity contribution in [3.8, 4) is 5.75 Å². The first-order valence-electron chi connectivity index (χ1n) is 7.25.